The van der Waals surface area contributed by atoms with Crippen LogP contribution in [0.4, 0.5) is 5.82 Å². The zero-order chi connectivity index (χ0) is 10.6. The number of nitrogens with one attached hydrogen (secondary N) is 1. The predicted octanol–water partition coefficient (Wildman–Crippen LogP) is 3.01. The number of aryl methyl sites for hydroxylation is 1. The molecular formula is C10H16BrN3. The highest BCUT2D eigenvalue weighted by Gasteiger charge is 2.01. The van der Waals surface area contributed by atoms with Gasteiger partial charge in [-0.1, -0.05) is 20.3 Å². The lowest BCUT2D eigenvalue weighted by Gasteiger charge is -2.10. The zero-order valence-corrected chi connectivity index (χ0v) is 10.4. The standard InChI is InChI=1S/C10H16BrN3/c1-4-7(2)6-12-10-5-9(11)13-8(3)14-10/h5,7H,4,6H2,1-3H3,(H,12,13,14). The van der Waals surface area contributed by atoms with Crippen LogP contribution in [-0.4, -0.2) is 16.5 Å². The second kappa shape index (κ2) is 5.29. The highest BCUT2D eigenvalue weighted by Crippen LogP contribution is 2.12. The molecule has 1 atom stereocenters. The molecule has 14 heavy (non-hydrogen) atoms. The molecule has 0 aliphatic heterocycles. The van der Waals surface area contributed by atoms with Gasteiger partial charge in [-0.15, -0.1) is 0 Å². The van der Waals surface area contributed by atoms with Crippen molar-refractivity contribution in [2.45, 2.75) is 27.2 Å². The second-order valence-corrected chi connectivity index (χ2v) is 4.33. The summed E-state index contributed by atoms with van der Waals surface area (Å²) in [6.45, 7) is 7.25. The molecule has 1 unspecified atom stereocenters. The lowest BCUT2D eigenvalue weighted by molar-refractivity contribution is 0.592. The fourth-order valence-electron chi connectivity index (χ4n) is 1.04. The molecule has 0 bridgehead atoms. The van der Waals surface area contributed by atoms with Crippen molar-refractivity contribution in [1.29, 1.82) is 0 Å². The summed E-state index contributed by atoms with van der Waals surface area (Å²) in [6, 6.07) is 1.90. The maximum Gasteiger partial charge on any atom is 0.130 e. The van der Waals surface area contributed by atoms with E-state index in [9.17, 15) is 0 Å². The summed E-state index contributed by atoms with van der Waals surface area (Å²) in [5.41, 5.74) is 0. The van der Waals surface area contributed by atoms with Gasteiger partial charge in [-0.25, -0.2) is 9.97 Å². The maximum atomic E-state index is 4.29. The SMILES string of the molecule is CCC(C)CNc1cc(Br)nc(C)n1. The molecule has 0 radical (unpaired) electrons. The van der Waals surface area contributed by atoms with E-state index in [4.69, 9.17) is 0 Å². The molecule has 1 aromatic rings. The number of anilines is 1. The van der Waals surface area contributed by atoms with Gasteiger partial charge in [-0.05, 0) is 28.8 Å². The van der Waals surface area contributed by atoms with Crippen LogP contribution in [0.1, 0.15) is 26.1 Å². The largest absolute Gasteiger partial charge is 0.370 e. The number of hydrogen-bond acceptors (Lipinski definition) is 3. The van der Waals surface area contributed by atoms with Crippen LogP contribution in [-0.2, 0) is 0 Å². The minimum absolute atomic E-state index is 0.670. The molecule has 0 fully saturated rings. The summed E-state index contributed by atoms with van der Waals surface area (Å²) in [5, 5.41) is 3.30. The van der Waals surface area contributed by atoms with Crippen molar-refractivity contribution in [2.75, 3.05) is 11.9 Å². The number of rotatable bonds is 4. The van der Waals surface area contributed by atoms with Gasteiger partial charge in [-0.2, -0.15) is 0 Å². The number of nitrogens with zero attached hydrogens (tertiary/aromatic N) is 2. The molecule has 1 aromatic heterocycles. The van der Waals surface area contributed by atoms with E-state index in [0.29, 0.717) is 5.92 Å². The Bertz CT molecular complexity index is 281. The Balaban J connectivity index is 2.58. The highest BCUT2D eigenvalue weighted by molar-refractivity contribution is 9.10. The fraction of sp³-hybridized carbons (Fsp3) is 0.600. The quantitative estimate of drug-likeness (QED) is 0.843. The van der Waals surface area contributed by atoms with E-state index in [2.05, 4.69) is 45.1 Å². The average Bonchev–Trinajstić information content (AvgIpc) is 2.12. The van der Waals surface area contributed by atoms with Crippen LogP contribution in [0.15, 0.2) is 10.7 Å². The predicted molar refractivity (Wildman–Crippen MR) is 62.4 cm³/mol. The normalized spacial score (nSPS) is 12.6. The Morgan fingerprint density at radius 1 is 1.50 bits per heavy atom. The Kier molecular flexibility index (Phi) is 4.32. The van der Waals surface area contributed by atoms with E-state index < -0.39 is 0 Å². The second-order valence-electron chi connectivity index (χ2n) is 3.52. The van der Waals surface area contributed by atoms with Crippen LogP contribution in [0.5, 0.6) is 0 Å². The summed E-state index contributed by atoms with van der Waals surface area (Å²) in [6.07, 6.45) is 1.18. The zero-order valence-electron chi connectivity index (χ0n) is 8.84. The summed E-state index contributed by atoms with van der Waals surface area (Å²) >= 11 is 3.35. The minimum atomic E-state index is 0.670. The third-order valence-electron chi connectivity index (χ3n) is 2.14. The molecule has 4 heteroatoms. The fourth-order valence-corrected chi connectivity index (χ4v) is 1.52. The monoisotopic (exact) mass is 257 g/mol. The van der Waals surface area contributed by atoms with E-state index in [1.807, 2.05) is 13.0 Å². The third-order valence-corrected chi connectivity index (χ3v) is 2.54. The van der Waals surface area contributed by atoms with Gasteiger partial charge in [0.2, 0.25) is 0 Å². The van der Waals surface area contributed by atoms with Crippen LogP contribution < -0.4 is 5.32 Å². The summed E-state index contributed by atoms with van der Waals surface area (Å²) in [5.74, 6) is 2.35. The minimum Gasteiger partial charge on any atom is -0.370 e. The van der Waals surface area contributed by atoms with Crippen molar-refractivity contribution >= 4 is 21.7 Å². The van der Waals surface area contributed by atoms with Crippen molar-refractivity contribution in [3.05, 3.63) is 16.5 Å². The molecule has 1 rings (SSSR count). The van der Waals surface area contributed by atoms with Gasteiger partial charge in [-0.3, -0.25) is 0 Å². The molecule has 0 aliphatic carbocycles. The van der Waals surface area contributed by atoms with E-state index in [1.54, 1.807) is 0 Å². The first-order chi connectivity index (χ1) is 6.61. The molecular weight excluding hydrogens is 242 g/mol. The van der Waals surface area contributed by atoms with E-state index in [-0.39, 0.29) is 0 Å². The molecule has 0 aromatic carbocycles. The first-order valence-corrected chi connectivity index (χ1v) is 5.66. The van der Waals surface area contributed by atoms with Gasteiger partial charge >= 0.3 is 0 Å². The third kappa shape index (κ3) is 3.62. The topological polar surface area (TPSA) is 37.8 Å². The Hall–Kier alpha value is -0.640. The Morgan fingerprint density at radius 3 is 2.79 bits per heavy atom. The molecule has 0 spiro atoms. The highest BCUT2D eigenvalue weighted by atomic mass is 79.9. The van der Waals surface area contributed by atoms with Crippen molar-refractivity contribution in [2.24, 2.45) is 5.92 Å². The van der Waals surface area contributed by atoms with Crippen LogP contribution >= 0.6 is 15.9 Å². The van der Waals surface area contributed by atoms with Gasteiger partial charge in [0.15, 0.2) is 0 Å². The van der Waals surface area contributed by atoms with Crippen molar-refractivity contribution in [1.82, 2.24) is 9.97 Å². The van der Waals surface area contributed by atoms with Gasteiger partial charge in [0.1, 0.15) is 16.2 Å². The summed E-state index contributed by atoms with van der Waals surface area (Å²) < 4.78 is 0.830. The van der Waals surface area contributed by atoms with Gasteiger partial charge in [0, 0.05) is 12.6 Å². The van der Waals surface area contributed by atoms with Gasteiger partial charge in [0.25, 0.3) is 0 Å². The van der Waals surface area contributed by atoms with Crippen molar-refractivity contribution in [3.8, 4) is 0 Å². The number of halogens is 1. The van der Waals surface area contributed by atoms with E-state index in [0.717, 1.165) is 22.8 Å². The van der Waals surface area contributed by atoms with E-state index in [1.165, 1.54) is 6.42 Å². The van der Waals surface area contributed by atoms with Gasteiger partial charge < -0.3 is 5.32 Å². The Morgan fingerprint density at radius 2 is 2.21 bits per heavy atom. The molecule has 1 N–H and O–H groups in total. The molecule has 0 saturated carbocycles. The maximum absolute atomic E-state index is 4.29. The molecule has 3 nitrogen and oxygen atoms in total. The summed E-state index contributed by atoms with van der Waals surface area (Å²) in [7, 11) is 0. The smallest absolute Gasteiger partial charge is 0.130 e. The number of hydrogen-bond donors (Lipinski definition) is 1. The van der Waals surface area contributed by atoms with Crippen LogP contribution in [0.3, 0.4) is 0 Å². The molecule has 0 amide bonds. The molecule has 1 heterocycles. The number of aromatic nitrogens is 2. The van der Waals surface area contributed by atoms with Crippen LogP contribution in [0.25, 0.3) is 0 Å². The molecule has 0 aliphatic rings. The van der Waals surface area contributed by atoms with E-state index >= 15 is 0 Å². The van der Waals surface area contributed by atoms with Crippen LogP contribution in [0, 0.1) is 12.8 Å². The van der Waals surface area contributed by atoms with Gasteiger partial charge in [0.05, 0.1) is 0 Å². The first kappa shape index (κ1) is 11.4. The van der Waals surface area contributed by atoms with Crippen molar-refractivity contribution < 1.29 is 0 Å². The Labute approximate surface area is 93.5 Å². The lowest BCUT2D eigenvalue weighted by Crippen LogP contribution is -2.11. The first-order valence-electron chi connectivity index (χ1n) is 4.87. The molecule has 78 valence electrons. The summed E-state index contributed by atoms with van der Waals surface area (Å²) in [4.78, 5) is 8.44. The lowest BCUT2D eigenvalue weighted by atomic mass is 10.1. The van der Waals surface area contributed by atoms with Crippen molar-refractivity contribution in [3.63, 3.8) is 0 Å². The molecule has 0 saturated heterocycles. The van der Waals surface area contributed by atoms with Crippen LogP contribution in [0.2, 0.25) is 0 Å². The average molecular weight is 258 g/mol.